The van der Waals surface area contributed by atoms with Gasteiger partial charge in [0.1, 0.15) is 12.4 Å². The van der Waals surface area contributed by atoms with Crippen LogP contribution in [0, 0.1) is 11.6 Å². The fraction of sp³-hybridized carbons (Fsp3) is 0.293. The Hall–Kier alpha value is -5.35. The maximum Gasteiger partial charge on any atom is 0.335 e. The minimum absolute atomic E-state index is 0.0516. The number of nitrogens with zero attached hydrogens (tertiary/aromatic N) is 4. The number of benzene rings is 4. The number of para-hydroxylation sites is 1. The third-order valence-corrected chi connectivity index (χ3v) is 9.68. The van der Waals surface area contributed by atoms with Gasteiger partial charge >= 0.3 is 11.9 Å². The standard InChI is InChI=1S/C37H37BrF2N4O2.C4H6O6/c1-3-42(4-2)22-23-43(24-26-12-14-27(15-13-26)28-16-19-30(38)20-17-28)35(45)25-44-33-11-6-5-9-31(33)37(46)41-34(44)21-18-29-8-7-10-32(39)36(29)40;5-1(3(7)8)2(6)4(9)10/h5-17,19-20H,3-4,18,21-25H2,1-2H3;1-2,5-6H,(H,7,8)(H,9,10)/t;1-,2-/m.1/s1. The van der Waals surface area contributed by atoms with Crippen molar-refractivity contribution in [1.29, 1.82) is 0 Å². The maximum atomic E-state index is 14.5. The van der Waals surface area contributed by atoms with Gasteiger partial charge in [-0.15, -0.1) is 0 Å². The Morgan fingerprint density at radius 2 is 1.38 bits per heavy atom. The normalized spacial score (nSPS) is 12.1. The highest BCUT2D eigenvalue weighted by atomic mass is 79.9. The van der Waals surface area contributed by atoms with Gasteiger partial charge in [-0.2, -0.15) is 4.98 Å². The Kier molecular flexibility index (Phi) is 15.9. The minimum Gasteiger partial charge on any atom is -0.479 e. The van der Waals surface area contributed by atoms with Gasteiger partial charge in [0.2, 0.25) is 5.91 Å². The number of aromatic nitrogens is 2. The van der Waals surface area contributed by atoms with Gasteiger partial charge in [0, 0.05) is 30.5 Å². The van der Waals surface area contributed by atoms with E-state index >= 15 is 0 Å². The van der Waals surface area contributed by atoms with Crippen molar-refractivity contribution in [2.45, 2.75) is 52.0 Å². The molecule has 0 bridgehead atoms. The highest BCUT2D eigenvalue weighted by Crippen LogP contribution is 2.23. The van der Waals surface area contributed by atoms with E-state index in [9.17, 15) is 28.0 Å². The van der Waals surface area contributed by atoms with Gasteiger partial charge in [0.05, 0.1) is 10.9 Å². The van der Waals surface area contributed by atoms with Crippen LogP contribution in [0.1, 0.15) is 30.8 Å². The number of aliphatic hydroxyl groups is 2. The summed E-state index contributed by atoms with van der Waals surface area (Å²) in [4.78, 5) is 55.1. The van der Waals surface area contributed by atoms with E-state index in [0.717, 1.165) is 40.3 Å². The maximum absolute atomic E-state index is 14.5. The van der Waals surface area contributed by atoms with E-state index in [1.807, 2.05) is 35.2 Å². The lowest BCUT2D eigenvalue weighted by molar-refractivity contribution is -0.165. The fourth-order valence-corrected chi connectivity index (χ4v) is 6.15. The van der Waals surface area contributed by atoms with Crippen LogP contribution in [0.3, 0.4) is 0 Å². The van der Waals surface area contributed by atoms with Gasteiger partial charge in [-0.3, -0.25) is 9.59 Å². The summed E-state index contributed by atoms with van der Waals surface area (Å²) < 4.78 is 31.1. The predicted octanol–water partition coefficient (Wildman–Crippen LogP) is 5.14. The summed E-state index contributed by atoms with van der Waals surface area (Å²) in [5.41, 5.74) is 3.53. The molecule has 5 rings (SSSR count). The number of carboxylic acid groups (broad SMARTS) is 2. The molecule has 56 heavy (non-hydrogen) atoms. The number of halogens is 3. The van der Waals surface area contributed by atoms with E-state index < -0.39 is 41.3 Å². The van der Waals surface area contributed by atoms with E-state index in [-0.39, 0.29) is 30.9 Å². The summed E-state index contributed by atoms with van der Waals surface area (Å²) in [5, 5.41) is 32.9. The number of hydrogen-bond acceptors (Lipinski definition) is 8. The zero-order chi connectivity index (χ0) is 40.9. The molecule has 1 amide bonds. The van der Waals surface area contributed by atoms with Crippen molar-refractivity contribution in [2.75, 3.05) is 26.2 Å². The topological polar surface area (TPSA) is 174 Å². The second kappa shape index (κ2) is 20.5. The highest BCUT2D eigenvalue weighted by Gasteiger charge is 2.29. The molecule has 2 atom stereocenters. The van der Waals surface area contributed by atoms with Crippen molar-refractivity contribution in [3.8, 4) is 11.1 Å². The van der Waals surface area contributed by atoms with Crippen molar-refractivity contribution < 1.29 is 43.6 Å². The Labute approximate surface area is 330 Å². The molecule has 0 saturated carbocycles. The Balaban J connectivity index is 0.000000613. The molecule has 1 aromatic heterocycles. The molecule has 0 fully saturated rings. The fourth-order valence-electron chi connectivity index (χ4n) is 5.89. The first-order chi connectivity index (χ1) is 26.7. The highest BCUT2D eigenvalue weighted by molar-refractivity contribution is 9.10. The van der Waals surface area contributed by atoms with Crippen molar-refractivity contribution in [1.82, 2.24) is 19.4 Å². The number of carboxylic acids is 2. The lowest BCUT2D eigenvalue weighted by Crippen LogP contribution is -2.40. The predicted molar refractivity (Wildman–Crippen MR) is 210 cm³/mol. The van der Waals surface area contributed by atoms with Crippen molar-refractivity contribution in [3.63, 3.8) is 0 Å². The summed E-state index contributed by atoms with van der Waals surface area (Å²) >= 11 is 3.48. The van der Waals surface area contributed by atoms with Gasteiger partial charge in [0.25, 0.3) is 5.56 Å². The van der Waals surface area contributed by atoms with Crippen LogP contribution in [0.2, 0.25) is 0 Å². The Morgan fingerprint density at radius 3 is 1.96 bits per heavy atom. The molecule has 4 aromatic carbocycles. The lowest BCUT2D eigenvalue weighted by atomic mass is 10.0. The van der Waals surface area contributed by atoms with Crippen LogP contribution >= 0.6 is 15.9 Å². The molecule has 0 saturated heterocycles. The van der Waals surface area contributed by atoms with Gasteiger partial charge in [-0.1, -0.05) is 90.4 Å². The van der Waals surface area contributed by atoms with Crippen molar-refractivity contribution in [3.05, 3.63) is 134 Å². The summed E-state index contributed by atoms with van der Waals surface area (Å²) in [5.74, 6) is -5.15. The molecule has 0 unspecified atom stereocenters. The van der Waals surface area contributed by atoms with Gasteiger partial charge < -0.3 is 34.8 Å². The smallest absolute Gasteiger partial charge is 0.335 e. The number of fused-ring (bicyclic) bond motifs is 1. The summed E-state index contributed by atoms with van der Waals surface area (Å²) in [6.07, 6.45) is -4.25. The summed E-state index contributed by atoms with van der Waals surface area (Å²) in [7, 11) is 0. The average Bonchev–Trinajstić information content (AvgIpc) is 3.19. The molecule has 0 aliphatic heterocycles. The van der Waals surface area contributed by atoms with Crippen molar-refractivity contribution in [2.24, 2.45) is 0 Å². The first-order valence-corrected chi connectivity index (χ1v) is 18.6. The van der Waals surface area contributed by atoms with Gasteiger partial charge in [-0.25, -0.2) is 18.4 Å². The summed E-state index contributed by atoms with van der Waals surface area (Å²) in [6, 6.07) is 27.4. The quantitative estimate of drug-likeness (QED) is 0.104. The van der Waals surface area contributed by atoms with E-state index in [1.165, 1.54) is 12.1 Å². The molecular formula is C41H43BrF2N4O8. The monoisotopic (exact) mass is 836 g/mol. The molecule has 0 spiro atoms. The molecule has 0 radical (unpaired) electrons. The molecular weight excluding hydrogens is 794 g/mol. The Morgan fingerprint density at radius 1 is 0.786 bits per heavy atom. The van der Waals surface area contributed by atoms with Crippen LogP contribution < -0.4 is 5.56 Å². The van der Waals surface area contributed by atoms with E-state index in [1.54, 1.807) is 22.8 Å². The molecule has 12 nitrogen and oxygen atoms in total. The third kappa shape index (κ3) is 11.6. The molecule has 15 heteroatoms. The van der Waals surface area contributed by atoms with Crippen LogP contribution in [0.25, 0.3) is 22.0 Å². The molecule has 1 heterocycles. The van der Waals surface area contributed by atoms with Crippen molar-refractivity contribution >= 4 is 44.7 Å². The van der Waals surface area contributed by atoms with Gasteiger partial charge in [0.15, 0.2) is 23.8 Å². The zero-order valence-electron chi connectivity index (χ0n) is 30.8. The second-order valence-corrected chi connectivity index (χ2v) is 13.7. The van der Waals surface area contributed by atoms with Crippen LogP contribution in [-0.2, 0) is 40.3 Å². The number of carbonyl (C=O) groups is 3. The van der Waals surface area contributed by atoms with E-state index in [0.29, 0.717) is 36.4 Å². The zero-order valence-corrected chi connectivity index (χ0v) is 32.4. The second-order valence-electron chi connectivity index (χ2n) is 12.8. The minimum atomic E-state index is -2.27. The van der Waals surface area contributed by atoms with E-state index in [2.05, 4.69) is 63.9 Å². The SMILES string of the molecule is CCN(CC)CCN(Cc1ccc(-c2ccc(Br)cc2)cc1)C(=O)Cn1c(CCc2cccc(F)c2F)nc(=O)c2ccccc21.O=C(O)[C@H](O)[C@@H](O)C(=O)O. The summed E-state index contributed by atoms with van der Waals surface area (Å²) in [6.45, 7) is 7.53. The molecule has 0 aliphatic rings. The number of aryl methyl sites for hydroxylation is 2. The van der Waals surface area contributed by atoms with Crippen LogP contribution in [0.15, 0.2) is 100 Å². The number of rotatable bonds is 16. The average molecular weight is 838 g/mol. The largest absolute Gasteiger partial charge is 0.479 e. The number of aliphatic hydroxyl groups excluding tert-OH is 2. The number of aliphatic carboxylic acids is 2. The number of carbonyl (C=O) groups excluding carboxylic acids is 1. The molecule has 5 aromatic rings. The molecule has 296 valence electrons. The number of amides is 1. The molecule has 0 aliphatic carbocycles. The van der Waals surface area contributed by atoms with Gasteiger partial charge in [-0.05, 0) is 72.1 Å². The first-order valence-electron chi connectivity index (χ1n) is 17.8. The first kappa shape index (κ1) is 43.4. The Bertz CT molecular complexity index is 2160. The third-order valence-electron chi connectivity index (χ3n) is 9.15. The number of hydrogen-bond donors (Lipinski definition) is 4. The number of likely N-dealkylation sites (N-methyl/N-ethyl adjacent to an activating group) is 1. The molecule has 4 N–H and O–H groups in total. The van der Waals surface area contributed by atoms with Crippen LogP contribution in [-0.4, -0.2) is 96.0 Å². The van der Waals surface area contributed by atoms with Crippen LogP contribution in [0.5, 0.6) is 0 Å². The lowest BCUT2D eigenvalue weighted by Gasteiger charge is -2.28. The van der Waals surface area contributed by atoms with Crippen LogP contribution in [0.4, 0.5) is 8.78 Å². The van der Waals surface area contributed by atoms with E-state index in [4.69, 9.17) is 20.4 Å².